The van der Waals surface area contributed by atoms with Crippen molar-refractivity contribution in [2.45, 2.75) is 57.6 Å². The number of aromatic nitrogens is 1. The summed E-state index contributed by atoms with van der Waals surface area (Å²) in [6, 6.07) is 3.96. The Kier molecular flexibility index (Phi) is 5.58. The van der Waals surface area contributed by atoms with Gasteiger partial charge in [0.15, 0.2) is 0 Å². The number of aliphatic hydroxyl groups is 1. The fourth-order valence-corrected chi connectivity index (χ4v) is 3.07. The van der Waals surface area contributed by atoms with Crippen LogP contribution >= 0.6 is 15.9 Å². The molecule has 3 nitrogen and oxygen atoms in total. The van der Waals surface area contributed by atoms with Crippen LogP contribution in [0.1, 0.15) is 45.2 Å². The molecule has 1 aliphatic heterocycles. The summed E-state index contributed by atoms with van der Waals surface area (Å²) in [7, 11) is 0. The van der Waals surface area contributed by atoms with Crippen molar-refractivity contribution in [2.75, 3.05) is 13.1 Å². The van der Waals surface area contributed by atoms with Gasteiger partial charge in [0.1, 0.15) is 0 Å². The van der Waals surface area contributed by atoms with Crippen LogP contribution in [-0.2, 0) is 6.42 Å². The molecule has 2 rings (SSSR count). The molecule has 1 unspecified atom stereocenters. The van der Waals surface area contributed by atoms with Crippen molar-refractivity contribution in [3.8, 4) is 0 Å². The van der Waals surface area contributed by atoms with E-state index in [1.807, 2.05) is 12.1 Å². The molecule has 0 spiro atoms. The molecule has 0 radical (unpaired) electrons. The van der Waals surface area contributed by atoms with Gasteiger partial charge in [-0.3, -0.25) is 9.88 Å². The molecule has 0 saturated carbocycles. The zero-order valence-electron chi connectivity index (χ0n) is 12.5. The number of pyridine rings is 1. The van der Waals surface area contributed by atoms with Crippen molar-refractivity contribution in [3.63, 3.8) is 0 Å². The second kappa shape index (κ2) is 7.01. The topological polar surface area (TPSA) is 36.4 Å². The molecule has 1 aliphatic rings. The van der Waals surface area contributed by atoms with Gasteiger partial charge in [0.25, 0.3) is 0 Å². The first kappa shape index (κ1) is 15.9. The highest BCUT2D eigenvalue weighted by atomic mass is 79.9. The molecule has 0 aromatic carbocycles. The summed E-state index contributed by atoms with van der Waals surface area (Å²) < 4.78 is 0.975. The fraction of sp³-hybridized carbons (Fsp3) is 0.688. The highest BCUT2D eigenvalue weighted by Crippen LogP contribution is 2.25. The SMILES string of the molecule is CC(C)(C(O)Cc1ccc(Br)cn1)N1CCCCCC1. The van der Waals surface area contributed by atoms with Gasteiger partial charge in [0.2, 0.25) is 0 Å². The Labute approximate surface area is 130 Å². The van der Waals surface area contributed by atoms with Gasteiger partial charge in [0.05, 0.1) is 6.10 Å². The lowest BCUT2D eigenvalue weighted by atomic mass is 9.91. The summed E-state index contributed by atoms with van der Waals surface area (Å²) in [5, 5.41) is 10.7. The normalized spacial score (nSPS) is 19.6. The molecule has 1 atom stereocenters. The van der Waals surface area contributed by atoms with E-state index in [-0.39, 0.29) is 5.54 Å². The Bertz CT molecular complexity index is 411. The number of rotatable bonds is 4. The number of aliphatic hydroxyl groups excluding tert-OH is 1. The Hall–Kier alpha value is -0.450. The van der Waals surface area contributed by atoms with Crippen LogP contribution in [0.2, 0.25) is 0 Å². The lowest BCUT2D eigenvalue weighted by Gasteiger charge is -2.41. The van der Waals surface area contributed by atoms with Crippen LogP contribution in [-0.4, -0.2) is 39.7 Å². The minimum absolute atomic E-state index is 0.195. The van der Waals surface area contributed by atoms with E-state index in [1.165, 1.54) is 25.7 Å². The van der Waals surface area contributed by atoms with Gasteiger partial charge in [-0.05, 0) is 67.8 Å². The number of likely N-dealkylation sites (tertiary alicyclic amines) is 1. The molecule has 1 aromatic heterocycles. The Balaban J connectivity index is 2.01. The molecule has 4 heteroatoms. The van der Waals surface area contributed by atoms with Crippen molar-refractivity contribution in [1.82, 2.24) is 9.88 Å². The Morgan fingerprint density at radius 2 is 1.90 bits per heavy atom. The number of hydrogen-bond acceptors (Lipinski definition) is 3. The van der Waals surface area contributed by atoms with E-state index in [4.69, 9.17) is 0 Å². The molecule has 0 aliphatic carbocycles. The molecule has 1 N–H and O–H groups in total. The number of nitrogens with zero attached hydrogens (tertiary/aromatic N) is 2. The van der Waals surface area contributed by atoms with Crippen molar-refractivity contribution in [3.05, 3.63) is 28.5 Å². The van der Waals surface area contributed by atoms with Gasteiger partial charge in [-0.2, -0.15) is 0 Å². The van der Waals surface area contributed by atoms with Crippen LogP contribution < -0.4 is 0 Å². The quantitative estimate of drug-likeness (QED) is 0.912. The van der Waals surface area contributed by atoms with Gasteiger partial charge < -0.3 is 5.11 Å². The van der Waals surface area contributed by atoms with Crippen molar-refractivity contribution in [2.24, 2.45) is 0 Å². The first-order valence-corrected chi connectivity index (χ1v) is 8.33. The zero-order chi connectivity index (χ0) is 14.6. The third kappa shape index (κ3) is 4.03. The van der Waals surface area contributed by atoms with Gasteiger partial charge in [-0.15, -0.1) is 0 Å². The average molecular weight is 341 g/mol. The average Bonchev–Trinajstić information content (AvgIpc) is 2.70. The molecular weight excluding hydrogens is 316 g/mol. The first-order valence-electron chi connectivity index (χ1n) is 7.53. The summed E-state index contributed by atoms with van der Waals surface area (Å²) in [5.41, 5.74) is 0.752. The minimum atomic E-state index is -0.394. The van der Waals surface area contributed by atoms with Gasteiger partial charge in [-0.25, -0.2) is 0 Å². The minimum Gasteiger partial charge on any atom is -0.391 e. The molecule has 1 saturated heterocycles. The second-order valence-electron chi connectivity index (χ2n) is 6.24. The first-order chi connectivity index (χ1) is 9.50. The van der Waals surface area contributed by atoms with E-state index in [9.17, 15) is 5.11 Å². The monoisotopic (exact) mass is 340 g/mol. The molecule has 1 fully saturated rings. The molecule has 0 bridgehead atoms. The van der Waals surface area contributed by atoms with E-state index in [1.54, 1.807) is 6.20 Å². The standard InChI is InChI=1S/C16H25BrN2O/c1-16(2,19-9-5-3-4-6-10-19)15(20)11-14-8-7-13(17)12-18-14/h7-8,12,15,20H,3-6,9-11H2,1-2H3. The van der Waals surface area contributed by atoms with E-state index in [0.717, 1.165) is 23.3 Å². The third-order valence-corrected chi connectivity index (χ3v) is 4.90. The molecule has 112 valence electrons. The van der Waals surface area contributed by atoms with Crippen LogP contribution in [0.15, 0.2) is 22.8 Å². The Morgan fingerprint density at radius 3 is 2.45 bits per heavy atom. The summed E-state index contributed by atoms with van der Waals surface area (Å²) in [4.78, 5) is 6.82. The molecule has 0 amide bonds. The molecule has 2 heterocycles. The maximum atomic E-state index is 10.7. The van der Waals surface area contributed by atoms with E-state index >= 15 is 0 Å². The summed E-state index contributed by atoms with van der Waals surface area (Å²) in [6.45, 7) is 6.50. The van der Waals surface area contributed by atoms with Crippen molar-refractivity contribution in [1.29, 1.82) is 0 Å². The lowest BCUT2D eigenvalue weighted by molar-refractivity contribution is -0.00833. The fourth-order valence-electron chi connectivity index (χ4n) is 2.83. The summed E-state index contributed by atoms with van der Waals surface area (Å²) in [6.07, 6.45) is 7.12. The maximum Gasteiger partial charge on any atom is 0.0773 e. The highest BCUT2D eigenvalue weighted by Gasteiger charge is 2.34. The predicted molar refractivity (Wildman–Crippen MR) is 85.8 cm³/mol. The third-order valence-electron chi connectivity index (χ3n) is 4.43. The van der Waals surface area contributed by atoms with Gasteiger partial charge in [0, 0.05) is 28.3 Å². The Morgan fingerprint density at radius 1 is 1.25 bits per heavy atom. The predicted octanol–water partition coefficient (Wildman–Crippen LogP) is 3.40. The molecular formula is C16H25BrN2O. The smallest absolute Gasteiger partial charge is 0.0773 e. The van der Waals surface area contributed by atoms with E-state index in [0.29, 0.717) is 6.42 Å². The molecule has 1 aromatic rings. The van der Waals surface area contributed by atoms with Gasteiger partial charge in [-0.1, -0.05) is 12.8 Å². The zero-order valence-corrected chi connectivity index (χ0v) is 14.1. The second-order valence-corrected chi connectivity index (χ2v) is 7.16. The maximum absolute atomic E-state index is 10.7. The van der Waals surface area contributed by atoms with Crippen molar-refractivity contribution < 1.29 is 5.11 Å². The van der Waals surface area contributed by atoms with Crippen LogP contribution in [0.4, 0.5) is 0 Å². The van der Waals surface area contributed by atoms with E-state index < -0.39 is 6.10 Å². The van der Waals surface area contributed by atoms with Gasteiger partial charge >= 0.3 is 0 Å². The van der Waals surface area contributed by atoms with Crippen LogP contribution in [0.3, 0.4) is 0 Å². The van der Waals surface area contributed by atoms with E-state index in [2.05, 4.69) is 39.7 Å². The lowest BCUT2D eigenvalue weighted by Crippen LogP contribution is -2.53. The number of halogens is 1. The van der Waals surface area contributed by atoms with Crippen molar-refractivity contribution >= 4 is 15.9 Å². The summed E-state index contributed by atoms with van der Waals surface area (Å²) >= 11 is 3.39. The number of hydrogen-bond donors (Lipinski definition) is 1. The van der Waals surface area contributed by atoms with Crippen LogP contribution in [0.5, 0.6) is 0 Å². The van der Waals surface area contributed by atoms with Crippen LogP contribution in [0.25, 0.3) is 0 Å². The highest BCUT2D eigenvalue weighted by molar-refractivity contribution is 9.10. The largest absolute Gasteiger partial charge is 0.391 e. The summed E-state index contributed by atoms with van der Waals surface area (Å²) in [5.74, 6) is 0. The molecule has 20 heavy (non-hydrogen) atoms. The van der Waals surface area contributed by atoms with Crippen LogP contribution in [0, 0.1) is 0 Å².